The van der Waals surface area contributed by atoms with Gasteiger partial charge >= 0.3 is 6.03 Å². The molecule has 0 bridgehead atoms. The molecule has 0 spiro atoms. The number of hydrogen-bond donors (Lipinski definition) is 1. The van der Waals surface area contributed by atoms with E-state index in [1.807, 2.05) is 68.4 Å². The van der Waals surface area contributed by atoms with Crippen molar-refractivity contribution >= 4 is 56.5 Å². The average Bonchev–Trinajstić information content (AvgIpc) is 3.07. The summed E-state index contributed by atoms with van der Waals surface area (Å²) in [5.74, 6) is 0.757. The summed E-state index contributed by atoms with van der Waals surface area (Å²) in [4.78, 5) is 26.7. The molecule has 1 aliphatic rings. The van der Waals surface area contributed by atoms with Crippen molar-refractivity contribution in [2.24, 2.45) is 0 Å². The minimum Gasteiger partial charge on any atom is -0.490 e. The normalized spacial score (nSPS) is 14.4. The molecule has 0 radical (unpaired) electrons. The number of urea groups is 1. The highest BCUT2D eigenvalue weighted by molar-refractivity contribution is 14.1. The smallest absolute Gasteiger partial charge is 0.329 e. The molecule has 0 aromatic heterocycles. The van der Waals surface area contributed by atoms with E-state index in [1.54, 1.807) is 12.1 Å². The van der Waals surface area contributed by atoms with Crippen molar-refractivity contribution in [3.63, 3.8) is 0 Å². The SMILES string of the molecule is CCOc1cc(/C=C2/NC(=O)N(Cc3cccc(C)c3)C2=O)cc(Br)c1OCc1ccc(I)cc1. The minimum absolute atomic E-state index is 0.211. The molecule has 1 N–H and O–H groups in total. The number of aryl methyl sites for hydroxylation is 1. The maximum absolute atomic E-state index is 13.0. The molecule has 0 saturated carbocycles. The van der Waals surface area contributed by atoms with E-state index in [2.05, 4.69) is 43.8 Å². The van der Waals surface area contributed by atoms with Crippen molar-refractivity contribution in [1.82, 2.24) is 10.2 Å². The zero-order valence-electron chi connectivity index (χ0n) is 19.3. The van der Waals surface area contributed by atoms with Crippen molar-refractivity contribution in [3.05, 3.63) is 96.7 Å². The van der Waals surface area contributed by atoms with E-state index in [0.29, 0.717) is 34.7 Å². The lowest BCUT2D eigenvalue weighted by Crippen LogP contribution is -2.30. The van der Waals surface area contributed by atoms with Crippen LogP contribution in [0.4, 0.5) is 4.79 Å². The number of ether oxygens (including phenoxy) is 2. The first-order chi connectivity index (χ1) is 16.8. The lowest BCUT2D eigenvalue weighted by Gasteiger charge is -2.15. The monoisotopic (exact) mass is 646 g/mol. The van der Waals surface area contributed by atoms with Crippen LogP contribution in [0.3, 0.4) is 0 Å². The number of nitrogens with one attached hydrogen (secondary N) is 1. The van der Waals surface area contributed by atoms with Crippen LogP contribution in [-0.4, -0.2) is 23.4 Å². The summed E-state index contributed by atoms with van der Waals surface area (Å²) in [6.07, 6.45) is 1.65. The zero-order chi connectivity index (χ0) is 24.9. The van der Waals surface area contributed by atoms with Gasteiger partial charge in [0.15, 0.2) is 11.5 Å². The largest absolute Gasteiger partial charge is 0.490 e. The number of nitrogens with zero attached hydrogens (tertiary/aromatic N) is 1. The zero-order valence-corrected chi connectivity index (χ0v) is 23.1. The van der Waals surface area contributed by atoms with Crippen molar-refractivity contribution in [2.75, 3.05) is 6.61 Å². The second-order valence-electron chi connectivity index (χ2n) is 8.05. The van der Waals surface area contributed by atoms with Crippen LogP contribution >= 0.6 is 38.5 Å². The quantitative estimate of drug-likeness (QED) is 0.174. The Hall–Kier alpha value is -2.85. The van der Waals surface area contributed by atoms with E-state index in [-0.39, 0.29) is 18.1 Å². The number of carbonyl (C=O) groups excluding carboxylic acids is 2. The Balaban J connectivity index is 1.55. The van der Waals surface area contributed by atoms with Crippen molar-refractivity contribution in [1.29, 1.82) is 0 Å². The van der Waals surface area contributed by atoms with Gasteiger partial charge in [0.25, 0.3) is 5.91 Å². The molecule has 0 unspecified atom stereocenters. The molecule has 1 aliphatic heterocycles. The van der Waals surface area contributed by atoms with Crippen LogP contribution in [0.2, 0.25) is 0 Å². The fourth-order valence-corrected chi connectivity index (χ4v) is 4.62. The van der Waals surface area contributed by atoms with Crippen LogP contribution in [0.1, 0.15) is 29.2 Å². The molecule has 35 heavy (non-hydrogen) atoms. The standard InChI is InChI=1S/C27H24BrIN2O4/c1-3-34-24-14-20(12-22(28)25(24)35-16-18-7-9-21(29)10-8-18)13-23-26(32)31(27(33)30-23)15-19-6-4-5-17(2)11-19/h4-14H,3,15-16H2,1-2H3,(H,30,33)/b23-13+. The summed E-state index contributed by atoms with van der Waals surface area (Å²) >= 11 is 5.84. The van der Waals surface area contributed by atoms with E-state index < -0.39 is 6.03 Å². The van der Waals surface area contributed by atoms with Gasteiger partial charge in [-0.25, -0.2) is 4.79 Å². The van der Waals surface area contributed by atoms with Gasteiger partial charge in [-0.3, -0.25) is 9.69 Å². The third-order valence-corrected chi connectivity index (χ3v) is 6.63. The molecule has 4 rings (SSSR count). The number of imide groups is 1. The molecule has 3 aromatic carbocycles. The highest BCUT2D eigenvalue weighted by Crippen LogP contribution is 2.38. The molecule has 0 aliphatic carbocycles. The fourth-order valence-electron chi connectivity index (χ4n) is 3.69. The Labute approximate surface area is 226 Å². The minimum atomic E-state index is -0.440. The van der Waals surface area contributed by atoms with Gasteiger partial charge in [-0.2, -0.15) is 0 Å². The first-order valence-corrected chi connectivity index (χ1v) is 12.9. The maximum atomic E-state index is 13.0. The van der Waals surface area contributed by atoms with Crippen LogP contribution in [0.5, 0.6) is 11.5 Å². The topological polar surface area (TPSA) is 67.9 Å². The third kappa shape index (κ3) is 6.24. The van der Waals surface area contributed by atoms with Crippen LogP contribution in [0, 0.1) is 10.5 Å². The van der Waals surface area contributed by atoms with Crippen LogP contribution in [0.25, 0.3) is 6.08 Å². The summed E-state index contributed by atoms with van der Waals surface area (Å²) < 4.78 is 13.7. The molecular formula is C27H24BrIN2O4. The van der Waals surface area contributed by atoms with Gasteiger partial charge in [-0.15, -0.1) is 0 Å². The van der Waals surface area contributed by atoms with Gasteiger partial charge in [0.2, 0.25) is 0 Å². The Bertz CT molecular complexity index is 1290. The summed E-state index contributed by atoms with van der Waals surface area (Å²) in [6.45, 7) is 4.92. The maximum Gasteiger partial charge on any atom is 0.329 e. The van der Waals surface area contributed by atoms with Gasteiger partial charge < -0.3 is 14.8 Å². The summed E-state index contributed by atoms with van der Waals surface area (Å²) in [5, 5.41) is 2.68. The number of hydrogen-bond acceptors (Lipinski definition) is 4. The first kappa shape index (κ1) is 25.2. The third-order valence-electron chi connectivity index (χ3n) is 5.32. The molecule has 0 atom stereocenters. The van der Waals surface area contributed by atoms with Crippen molar-refractivity contribution < 1.29 is 19.1 Å². The highest BCUT2D eigenvalue weighted by atomic mass is 127. The second-order valence-corrected chi connectivity index (χ2v) is 10.1. The molecule has 8 heteroatoms. The Morgan fingerprint density at radius 1 is 1.03 bits per heavy atom. The van der Waals surface area contributed by atoms with Gasteiger partial charge in [-0.05, 0) is 99.4 Å². The Morgan fingerprint density at radius 2 is 1.80 bits per heavy atom. The van der Waals surface area contributed by atoms with Crippen LogP contribution < -0.4 is 14.8 Å². The lowest BCUT2D eigenvalue weighted by atomic mass is 10.1. The van der Waals surface area contributed by atoms with Gasteiger partial charge in [0.1, 0.15) is 12.3 Å². The molecule has 6 nitrogen and oxygen atoms in total. The molecule has 1 fully saturated rings. The van der Waals surface area contributed by atoms with Gasteiger partial charge in [-0.1, -0.05) is 42.0 Å². The lowest BCUT2D eigenvalue weighted by molar-refractivity contribution is -0.123. The van der Waals surface area contributed by atoms with Crippen molar-refractivity contribution in [3.8, 4) is 11.5 Å². The van der Waals surface area contributed by atoms with Gasteiger partial charge in [0, 0.05) is 3.57 Å². The molecule has 1 heterocycles. The predicted octanol–water partition coefficient (Wildman–Crippen LogP) is 6.43. The van der Waals surface area contributed by atoms with Crippen molar-refractivity contribution in [2.45, 2.75) is 27.0 Å². The number of carbonyl (C=O) groups is 2. The molecule has 1 saturated heterocycles. The van der Waals surface area contributed by atoms with E-state index in [0.717, 1.165) is 20.3 Å². The van der Waals surface area contributed by atoms with E-state index >= 15 is 0 Å². The number of amides is 3. The average molecular weight is 647 g/mol. The second kappa shape index (κ2) is 11.3. The van der Waals surface area contributed by atoms with E-state index in [1.165, 1.54) is 4.90 Å². The highest BCUT2D eigenvalue weighted by Gasteiger charge is 2.33. The van der Waals surface area contributed by atoms with Crippen LogP contribution in [-0.2, 0) is 17.9 Å². The molecule has 3 aromatic rings. The summed E-state index contributed by atoms with van der Waals surface area (Å²) in [6, 6.07) is 19.0. The van der Waals surface area contributed by atoms with Crippen LogP contribution in [0.15, 0.2) is 70.8 Å². The summed E-state index contributed by atoms with van der Waals surface area (Å²) in [5.41, 5.74) is 3.92. The predicted molar refractivity (Wildman–Crippen MR) is 147 cm³/mol. The first-order valence-electron chi connectivity index (χ1n) is 11.1. The Morgan fingerprint density at radius 3 is 2.51 bits per heavy atom. The summed E-state index contributed by atoms with van der Waals surface area (Å²) in [7, 11) is 0. The van der Waals surface area contributed by atoms with E-state index in [9.17, 15) is 9.59 Å². The molecular weight excluding hydrogens is 623 g/mol. The Kier molecular flexibility index (Phi) is 8.12. The van der Waals surface area contributed by atoms with Gasteiger partial charge in [0.05, 0.1) is 17.6 Å². The fraction of sp³-hybridized carbons (Fsp3) is 0.185. The number of halogens is 2. The number of rotatable bonds is 8. The van der Waals surface area contributed by atoms with E-state index in [4.69, 9.17) is 9.47 Å². The molecule has 3 amide bonds. The molecule has 180 valence electrons. The number of benzene rings is 3.